The first-order valence-corrected chi connectivity index (χ1v) is 8.24. The Morgan fingerprint density at radius 1 is 1.16 bits per heavy atom. The van der Waals surface area contributed by atoms with Gasteiger partial charge in [0.2, 0.25) is 0 Å². The van der Waals surface area contributed by atoms with E-state index in [2.05, 4.69) is 45.5 Å². The largest absolute Gasteiger partial charge is 0.378 e. The molecular formula is C16H23BrN2. The third kappa shape index (κ3) is 3.14. The van der Waals surface area contributed by atoms with Gasteiger partial charge in [0.15, 0.2) is 0 Å². The summed E-state index contributed by atoms with van der Waals surface area (Å²) in [6.07, 6.45) is 8.09. The van der Waals surface area contributed by atoms with Gasteiger partial charge in [-0.05, 0) is 61.8 Å². The van der Waals surface area contributed by atoms with Crippen LogP contribution in [0.5, 0.6) is 0 Å². The standard InChI is InChI=1S/C16H23BrN2/c17-14-5-7-15(8-6-14)19-16(11-18)9-1-2-13(10-16)12-3-4-12/h5-8,12-13,19H,1-4,9-11,18H2. The van der Waals surface area contributed by atoms with E-state index in [4.69, 9.17) is 5.73 Å². The van der Waals surface area contributed by atoms with E-state index >= 15 is 0 Å². The Balaban J connectivity index is 1.72. The molecule has 0 amide bonds. The summed E-state index contributed by atoms with van der Waals surface area (Å²) in [7, 11) is 0. The lowest BCUT2D eigenvalue weighted by Crippen LogP contribution is -2.49. The second-order valence-corrected chi connectivity index (χ2v) is 7.23. The Kier molecular flexibility index (Phi) is 3.86. The SMILES string of the molecule is NCC1(Nc2ccc(Br)cc2)CCCC(C2CC2)C1. The molecule has 3 N–H and O–H groups in total. The number of benzene rings is 1. The highest BCUT2D eigenvalue weighted by Crippen LogP contribution is 2.47. The van der Waals surface area contributed by atoms with Crippen LogP contribution < -0.4 is 11.1 Å². The number of nitrogens with one attached hydrogen (secondary N) is 1. The summed E-state index contributed by atoms with van der Waals surface area (Å²) >= 11 is 3.49. The topological polar surface area (TPSA) is 38.0 Å². The highest BCUT2D eigenvalue weighted by Gasteiger charge is 2.41. The number of hydrogen-bond donors (Lipinski definition) is 2. The summed E-state index contributed by atoms with van der Waals surface area (Å²) in [5.74, 6) is 1.90. The van der Waals surface area contributed by atoms with Crippen molar-refractivity contribution in [2.75, 3.05) is 11.9 Å². The minimum absolute atomic E-state index is 0.124. The van der Waals surface area contributed by atoms with Crippen molar-refractivity contribution in [2.45, 2.75) is 44.1 Å². The molecule has 2 saturated carbocycles. The molecule has 0 aromatic heterocycles. The maximum absolute atomic E-state index is 6.13. The first-order valence-electron chi connectivity index (χ1n) is 7.45. The van der Waals surface area contributed by atoms with Crippen molar-refractivity contribution in [3.8, 4) is 0 Å². The zero-order chi connectivity index (χ0) is 13.3. The van der Waals surface area contributed by atoms with Crippen molar-refractivity contribution >= 4 is 21.6 Å². The Labute approximate surface area is 124 Å². The van der Waals surface area contributed by atoms with Crippen LogP contribution >= 0.6 is 15.9 Å². The van der Waals surface area contributed by atoms with Gasteiger partial charge < -0.3 is 11.1 Å². The second kappa shape index (κ2) is 5.45. The molecule has 3 rings (SSSR count). The van der Waals surface area contributed by atoms with Gasteiger partial charge in [-0.2, -0.15) is 0 Å². The van der Waals surface area contributed by atoms with Gasteiger partial charge in [-0.1, -0.05) is 28.8 Å². The average molecular weight is 323 g/mol. The second-order valence-electron chi connectivity index (χ2n) is 6.31. The fourth-order valence-electron chi connectivity index (χ4n) is 3.57. The summed E-state index contributed by atoms with van der Waals surface area (Å²) in [6.45, 7) is 0.742. The van der Waals surface area contributed by atoms with Crippen LogP contribution in [-0.2, 0) is 0 Å². The van der Waals surface area contributed by atoms with Crippen molar-refractivity contribution in [3.05, 3.63) is 28.7 Å². The molecule has 104 valence electrons. The van der Waals surface area contributed by atoms with Crippen LogP contribution in [0.4, 0.5) is 5.69 Å². The van der Waals surface area contributed by atoms with E-state index in [1.54, 1.807) is 0 Å². The number of nitrogens with two attached hydrogens (primary N) is 1. The fraction of sp³-hybridized carbons (Fsp3) is 0.625. The highest BCUT2D eigenvalue weighted by molar-refractivity contribution is 9.10. The lowest BCUT2D eigenvalue weighted by molar-refractivity contribution is 0.228. The first kappa shape index (κ1) is 13.4. The van der Waals surface area contributed by atoms with Crippen LogP contribution in [-0.4, -0.2) is 12.1 Å². The van der Waals surface area contributed by atoms with Crippen molar-refractivity contribution < 1.29 is 0 Å². The van der Waals surface area contributed by atoms with Crippen LogP contribution in [0.25, 0.3) is 0 Å². The molecule has 1 aromatic carbocycles. The quantitative estimate of drug-likeness (QED) is 0.873. The lowest BCUT2D eigenvalue weighted by Gasteiger charge is -2.42. The zero-order valence-electron chi connectivity index (χ0n) is 11.4. The smallest absolute Gasteiger partial charge is 0.0498 e. The fourth-order valence-corrected chi connectivity index (χ4v) is 3.83. The Morgan fingerprint density at radius 2 is 1.89 bits per heavy atom. The molecule has 0 heterocycles. The van der Waals surface area contributed by atoms with Gasteiger partial charge in [0.05, 0.1) is 0 Å². The number of halogens is 1. The van der Waals surface area contributed by atoms with E-state index < -0.39 is 0 Å². The molecule has 0 radical (unpaired) electrons. The van der Waals surface area contributed by atoms with E-state index in [1.165, 1.54) is 44.2 Å². The predicted molar refractivity (Wildman–Crippen MR) is 84.2 cm³/mol. The lowest BCUT2D eigenvalue weighted by atomic mass is 9.73. The maximum Gasteiger partial charge on any atom is 0.0498 e. The van der Waals surface area contributed by atoms with E-state index in [0.717, 1.165) is 22.9 Å². The Bertz CT molecular complexity index is 427. The van der Waals surface area contributed by atoms with E-state index in [-0.39, 0.29) is 5.54 Å². The number of anilines is 1. The van der Waals surface area contributed by atoms with E-state index in [9.17, 15) is 0 Å². The average Bonchev–Trinajstić information content (AvgIpc) is 3.26. The Morgan fingerprint density at radius 3 is 2.53 bits per heavy atom. The molecule has 2 aliphatic rings. The van der Waals surface area contributed by atoms with Gasteiger partial charge in [0.25, 0.3) is 0 Å². The molecule has 2 atom stereocenters. The third-order valence-electron chi connectivity index (χ3n) is 4.82. The van der Waals surface area contributed by atoms with Crippen molar-refractivity contribution in [1.82, 2.24) is 0 Å². The first-order chi connectivity index (χ1) is 9.21. The summed E-state index contributed by atoms with van der Waals surface area (Å²) < 4.78 is 1.12. The number of rotatable bonds is 4. The zero-order valence-corrected chi connectivity index (χ0v) is 13.0. The third-order valence-corrected chi connectivity index (χ3v) is 5.34. The van der Waals surface area contributed by atoms with Gasteiger partial charge in [0.1, 0.15) is 0 Å². The van der Waals surface area contributed by atoms with Gasteiger partial charge in [0, 0.05) is 22.2 Å². The summed E-state index contributed by atoms with van der Waals surface area (Å²) in [5.41, 5.74) is 7.45. The van der Waals surface area contributed by atoms with E-state index in [1.807, 2.05) is 0 Å². The predicted octanol–water partition coefficient (Wildman–Crippen LogP) is 4.16. The van der Waals surface area contributed by atoms with Crippen LogP contribution in [0.2, 0.25) is 0 Å². The molecule has 1 aromatic rings. The molecule has 19 heavy (non-hydrogen) atoms. The van der Waals surface area contributed by atoms with Gasteiger partial charge in [-0.3, -0.25) is 0 Å². The highest BCUT2D eigenvalue weighted by atomic mass is 79.9. The molecule has 3 heteroatoms. The van der Waals surface area contributed by atoms with Crippen molar-refractivity contribution in [2.24, 2.45) is 17.6 Å². The van der Waals surface area contributed by atoms with E-state index in [0.29, 0.717) is 0 Å². The summed E-state index contributed by atoms with van der Waals surface area (Å²) in [5, 5.41) is 3.74. The molecule has 0 saturated heterocycles. The minimum atomic E-state index is 0.124. The van der Waals surface area contributed by atoms with Gasteiger partial charge >= 0.3 is 0 Å². The van der Waals surface area contributed by atoms with Crippen LogP contribution in [0.3, 0.4) is 0 Å². The van der Waals surface area contributed by atoms with Gasteiger partial charge in [-0.15, -0.1) is 0 Å². The monoisotopic (exact) mass is 322 g/mol. The molecule has 2 unspecified atom stereocenters. The number of hydrogen-bond acceptors (Lipinski definition) is 2. The minimum Gasteiger partial charge on any atom is -0.378 e. The van der Waals surface area contributed by atoms with Crippen LogP contribution in [0.15, 0.2) is 28.7 Å². The molecule has 2 fully saturated rings. The summed E-state index contributed by atoms with van der Waals surface area (Å²) in [4.78, 5) is 0. The van der Waals surface area contributed by atoms with Crippen LogP contribution in [0.1, 0.15) is 38.5 Å². The molecule has 0 bridgehead atoms. The Hall–Kier alpha value is -0.540. The maximum atomic E-state index is 6.13. The molecule has 2 aliphatic carbocycles. The van der Waals surface area contributed by atoms with Crippen molar-refractivity contribution in [3.63, 3.8) is 0 Å². The normalized spacial score (nSPS) is 31.2. The molecule has 0 aliphatic heterocycles. The van der Waals surface area contributed by atoms with Crippen LogP contribution in [0, 0.1) is 11.8 Å². The molecule has 0 spiro atoms. The molecule has 2 nitrogen and oxygen atoms in total. The molecular weight excluding hydrogens is 300 g/mol. The summed E-state index contributed by atoms with van der Waals surface area (Å²) in [6, 6.07) is 8.46. The van der Waals surface area contributed by atoms with Gasteiger partial charge in [-0.25, -0.2) is 0 Å². The van der Waals surface area contributed by atoms with Crippen molar-refractivity contribution in [1.29, 1.82) is 0 Å².